The summed E-state index contributed by atoms with van der Waals surface area (Å²) in [5, 5.41) is 15.0. The Morgan fingerprint density at radius 3 is 2.62 bits per heavy atom. The van der Waals surface area contributed by atoms with E-state index < -0.39 is 4.92 Å². The molecule has 0 N–H and O–H groups in total. The Balaban J connectivity index is 1.75. The summed E-state index contributed by atoms with van der Waals surface area (Å²) in [7, 11) is 2.99. The van der Waals surface area contributed by atoms with Crippen LogP contribution in [0.4, 0.5) is 5.69 Å². The van der Waals surface area contributed by atoms with E-state index in [9.17, 15) is 10.1 Å². The molecule has 134 valence electrons. The molecule has 3 aromatic rings. The van der Waals surface area contributed by atoms with Crippen LogP contribution < -0.4 is 14.2 Å². The van der Waals surface area contributed by atoms with E-state index in [4.69, 9.17) is 18.7 Å². The van der Waals surface area contributed by atoms with E-state index >= 15 is 0 Å². The van der Waals surface area contributed by atoms with E-state index in [-0.39, 0.29) is 23.9 Å². The molecule has 26 heavy (non-hydrogen) atoms. The molecule has 3 rings (SSSR count). The first-order valence-corrected chi connectivity index (χ1v) is 7.53. The van der Waals surface area contributed by atoms with Crippen LogP contribution in [0.1, 0.15) is 5.89 Å². The van der Waals surface area contributed by atoms with Crippen molar-refractivity contribution in [1.82, 2.24) is 10.1 Å². The quantitative estimate of drug-likeness (QED) is 0.468. The number of nitro groups is 1. The molecule has 1 aromatic heterocycles. The van der Waals surface area contributed by atoms with Gasteiger partial charge in [-0.05, 0) is 24.3 Å². The topological polar surface area (TPSA) is 110 Å². The molecule has 0 aliphatic heterocycles. The second-order valence-corrected chi connectivity index (χ2v) is 5.12. The van der Waals surface area contributed by atoms with Crippen LogP contribution in [0.25, 0.3) is 11.4 Å². The molecule has 0 radical (unpaired) electrons. The molecule has 0 fully saturated rings. The molecule has 0 aliphatic carbocycles. The minimum absolute atomic E-state index is 0.0805. The summed E-state index contributed by atoms with van der Waals surface area (Å²) in [6.45, 7) is -0.107. The molecule has 0 amide bonds. The van der Waals surface area contributed by atoms with Gasteiger partial charge in [0.2, 0.25) is 5.82 Å². The fourth-order valence-electron chi connectivity index (χ4n) is 2.22. The van der Waals surface area contributed by atoms with Crippen molar-refractivity contribution in [3.05, 3.63) is 58.5 Å². The molecular weight excluding hydrogens is 342 g/mol. The van der Waals surface area contributed by atoms with Crippen LogP contribution in [0.3, 0.4) is 0 Å². The Kier molecular flexibility index (Phi) is 4.97. The summed E-state index contributed by atoms with van der Waals surface area (Å²) in [6.07, 6.45) is 0. The second kappa shape index (κ2) is 7.51. The molecule has 1 heterocycles. The minimum atomic E-state index is -0.548. The number of nitro benzene ring substituents is 1. The molecule has 9 nitrogen and oxygen atoms in total. The van der Waals surface area contributed by atoms with Crippen molar-refractivity contribution in [3.63, 3.8) is 0 Å². The van der Waals surface area contributed by atoms with Crippen molar-refractivity contribution in [1.29, 1.82) is 0 Å². The van der Waals surface area contributed by atoms with E-state index in [1.165, 1.54) is 19.2 Å². The minimum Gasteiger partial charge on any atom is -0.497 e. The number of aromatic nitrogens is 2. The average Bonchev–Trinajstić information content (AvgIpc) is 3.15. The zero-order valence-corrected chi connectivity index (χ0v) is 14.0. The summed E-state index contributed by atoms with van der Waals surface area (Å²) >= 11 is 0. The number of rotatable bonds is 7. The van der Waals surface area contributed by atoms with Gasteiger partial charge in [-0.2, -0.15) is 4.98 Å². The second-order valence-electron chi connectivity index (χ2n) is 5.12. The van der Waals surface area contributed by atoms with Gasteiger partial charge in [0, 0.05) is 5.56 Å². The molecule has 2 aromatic carbocycles. The highest BCUT2D eigenvalue weighted by molar-refractivity contribution is 5.56. The summed E-state index contributed by atoms with van der Waals surface area (Å²) < 4.78 is 20.7. The third-order valence-corrected chi connectivity index (χ3v) is 3.51. The average molecular weight is 357 g/mol. The number of nitrogens with zero attached hydrogens (tertiary/aromatic N) is 3. The van der Waals surface area contributed by atoms with Gasteiger partial charge in [-0.3, -0.25) is 10.1 Å². The van der Waals surface area contributed by atoms with Crippen LogP contribution in [0.2, 0.25) is 0 Å². The normalized spacial score (nSPS) is 10.4. The molecule has 0 bridgehead atoms. The number of benzene rings is 2. The molecular formula is C17H15N3O6. The van der Waals surface area contributed by atoms with E-state index in [1.54, 1.807) is 31.4 Å². The lowest BCUT2D eigenvalue weighted by atomic mass is 10.2. The van der Waals surface area contributed by atoms with Gasteiger partial charge in [-0.15, -0.1) is 0 Å². The molecule has 0 aliphatic rings. The fraction of sp³-hybridized carbons (Fsp3) is 0.176. The fourth-order valence-corrected chi connectivity index (χ4v) is 2.22. The molecule has 0 spiro atoms. The maximum Gasteiger partial charge on any atom is 0.314 e. The molecule has 0 saturated carbocycles. The van der Waals surface area contributed by atoms with Crippen LogP contribution in [0, 0.1) is 10.1 Å². The van der Waals surface area contributed by atoms with Gasteiger partial charge in [0.25, 0.3) is 5.89 Å². The Hall–Kier alpha value is -3.62. The first-order chi connectivity index (χ1) is 12.6. The van der Waals surface area contributed by atoms with Gasteiger partial charge >= 0.3 is 5.69 Å². The lowest BCUT2D eigenvalue weighted by Gasteiger charge is -2.05. The van der Waals surface area contributed by atoms with E-state index in [0.717, 1.165) is 5.56 Å². The van der Waals surface area contributed by atoms with Gasteiger partial charge < -0.3 is 18.7 Å². The third-order valence-electron chi connectivity index (χ3n) is 3.51. The van der Waals surface area contributed by atoms with E-state index in [0.29, 0.717) is 17.3 Å². The van der Waals surface area contributed by atoms with E-state index in [1.807, 2.05) is 6.07 Å². The lowest BCUT2D eigenvalue weighted by molar-refractivity contribution is -0.386. The molecule has 9 heteroatoms. The van der Waals surface area contributed by atoms with Gasteiger partial charge in [0.1, 0.15) is 11.5 Å². The van der Waals surface area contributed by atoms with E-state index in [2.05, 4.69) is 10.1 Å². The van der Waals surface area contributed by atoms with Crippen LogP contribution >= 0.6 is 0 Å². The standard InChI is InChI=1S/C17H15N3O6/c1-23-12-5-3-4-11(8-12)17-18-16(26-19-17)10-25-15-7-6-13(24-2)9-14(15)20(21)22/h3-9H,10H2,1-2H3. The third kappa shape index (κ3) is 3.72. The number of hydrogen-bond acceptors (Lipinski definition) is 8. The van der Waals surface area contributed by atoms with Gasteiger partial charge in [0.15, 0.2) is 12.4 Å². The first-order valence-electron chi connectivity index (χ1n) is 7.53. The molecule has 0 saturated heterocycles. The Morgan fingerprint density at radius 1 is 1.12 bits per heavy atom. The molecule has 0 atom stereocenters. The van der Waals surface area contributed by atoms with Crippen LogP contribution in [-0.4, -0.2) is 29.3 Å². The summed E-state index contributed by atoms with van der Waals surface area (Å²) in [6, 6.07) is 11.5. The highest BCUT2D eigenvalue weighted by Gasteiger charge is 2.18. The smallest absolute Gasteiger partial charge is 0.314 e. The van der Waals surface area contributed by atoms with Crippen LogP contribution in [0.5, 0.6) is 17.2 Å². The summed E-state index contributed by atoms with van der Waals surface area (Å²) in [5.74, 6) is 1.66. The van der Waals surface area contributed by atoms with Crippen molar-refractivity contribution < 1.29 is 23.7 Å². The zero-order valence-electron chi connectivity index (χ0n) is 14.0. The number of methoxy groups -OCH3 is 2. The van der Waals surface area contributed by atoms with Crippen LogP contribution in [-0.2, 0) is 6.61 Å². The lowest BCUT2D eigenvalue weighted by Crippen LogP contribution is -2.00. The predicted molar refractivity (Wildman–Crippen MR) is 90.3 cm³/mol. The SMILES string of the molecule is COc1cccc(-c2noc(COc3ccc(OC)cc3[N+](=O)[O-])n2)c1. The largest absolute Gasteiger partial charge is 0.497 e. The monoisotopic (exact) mass is 357 g/mol. The van der Waals surface area contributed by atoms with Crippen LogP contribution in [0.15, 0.2) is 47.0 Å². The number of ether oxygens (including phenoxy) is 3. The van der Waals surface area contributed by atoms with Gasteiger partial charge in [-0.25, -0.2) is 0 Å². The van der Waals surface area contributed by atoms with Gasteiger partial charge in [-0.1, -0.05) is 17.3 Å². The van der Waals surface area contributed by atoms with Crippen molar-refractivity contribution in [2.45, 2.75) is 6.61 Å². The summed E-state index contributed by atoms with van der Waals surface area (Å²) in [4.78, 5) is 14.8. The Labute approximate surface area is 148 Å². The maximum atomic E-state index is 11.2. The summed E-state index contributed by atoms with van der Waals surface area (Å²) in [5.41, 5.74) is 0.506. The Bertz CT molecular complexity index is 924. The zero-order chi connectivity index (χ0) is 18.5. The first kappa shape index (κ1) is 17.2. The van der Waals surface area contributed by atoms with Crippen molar-refractivity contribution in [3.8, 4) is 28.6 Å². The highest BCUT2D eigenvalue weighted by Crippen LogP contribution is 2.31. The molecule has 0 unspecified atom stereocenters. The Morgan fingerprint density at radius 2 is 1.88 bits per heavy atom. The van der Waals surface area contributed by atoms with Crippen molar-refractivity contribution >= 4 is 5.69 Å². The maximum absolute atomic E-state index is 11.2. The van der Waals surface area contributed by atoms with Crippen molar-refractivity contribution in [2.24, 2.45) is 0 Å². The highest BCUT2D eigenvalue weighted by atomic mass is 16.6. The van der Waals surface area contributed by atoms with Gasteiger partial charge in [0.05, 0.1) is 25.2 Å². The predicted octanol–water partition coefficient (Wildman–Crippen LogP) is 3.24. The van der Waals surface area contributed by atoms with Crippen molar-refractivity contribution in [2.75, 3.05) is 14.2 Å². The number of hydrogen-bond donors (Lipinski definition) is 0.